The molecule has 0 rings (SSSR count). The molecule has 0 amide bonds. The molecule has 1 N–H and O–H groups in total. The zero-order valence-corrected chi connectivity index (χ0v) is 15.1. The van der Waals surface area contributed by atoms with Crippen LogP contribution in [-0.2, 0) is 4.79 Å². The largest absolute Gasteiger partial charge is 0.380 e. The number of Topliss-reactive ketones (excluding diaryl/α,β-unsaturated/α-hetero) is 1. The Kier molecular flexibility index (Phi) is 16.2. The summed E-state index contributed by atoms with van der Waals surface area (Å²) in [5.41, 5.74) is 0. The van der Waals surface area contributed by atoms with E-state index in [-0.39, 0.29) is 5.78 Å². The van der Waals surface area contributed by atoms with Crippen LogP contribution >= 0.6 is 0 Å². The van der Waals surface area contributed by atoms with Crippen LogP contribution in [-0.4, -0.2) is 17.0 Å². The molecule has 0 fully saturated rings. The molecule has 0 saturated heterocycles. The molecule has 0 aromatic heterocycles. The van der Waals surface area contributed by atoms with Crippen molar-refractivity contribution in [1.82, 2.24) is 0 Å². The number of hydrogen-bond donors (Lipinski definition) is 1. The first-order valence-electron chi connectivity index (χ1n) is 9.28. The Hall–Kier alpha value is -1.25. The monoisotopic (exact) mass is 318 g/mol. The van der Waals surface area contributed by atoms with Gasteiger partial charge in [-0.15, -0.1) is 17.8 Å². The van der Waals surface area contributed by atoms with Crippen molar-refractivity contribution in [3.63, 3.8) is 0 Å². The lowest BCUT2D eigenvalue weighted by Crippen LogP contribution is -2.01. The van der Waals surface area contributed by atoms with Gasteiger partial charge in [0.2, 0.25) is 0 Å². The van der Waals surface area contributed by atoms with E-state index in [0.717, 1.165) is 51.4 Å². The average Bonchev–Trinajstić information content (AvgIpc) is 2.52. The van der Waals surface area contributed by atoms with Gasteiger partial charge >= 0.3 is 0 Å². The molecule has 0 spiro atoms. The molecular weight excluding hydrogens is 284 g/mol. The van der Waals surface area contributed by atoms with Crippen molar-refractivity contribution in [2.24, 2.45) is 0 Å². The molecular formula is C21H34O2. The number of aliphatic hydroxyl groups excluding tert-OH is 1. The Morgan fingerprint density at radius 2 is 1.43 bits per heavy atom. The van der Waals surface area contributed by atoms with Crippen LogP contribution in [0.2, 0.25) is 0 Å². The second-order valence-corrected chi connectivity index (χ2v) is 6.16. The summed E-state index contributed by atoms with van der Waals surface area (Å²) in [5, 5.41) is 9.58. The van der Waals surface area contributed by atoms with E-state index in [1.807, 2.05) is 0 Å². The minimum atomic E-state index is -0.427. The highest BCUT2D eigenvalue weighted by molar-refractivity contribution is 5.75. The van der Waals surface area contributed by atoms with Crippen molar-refractivity contribution in [1.29, 1.82) is 0 Å². The molecule has 130 valence electrons. The highest BCUT2D eigenvalue weighted by Crippen LogP contribution is 2.07. The summed E-state index contributed by atoms with van der Waals surface area (Å²) < 4.78 is 0. The second-order valence-electron chi connectivity index (χ2n) is 6.16. The van der Waals surface area contributed by atoms with Gasteiger partial charge in [0.15, 0.2) is 0 Å². The Bertz CT molecular complexity index is 403. The first-order valence-corrected chi connectivity index (χ1v) is 9.28. The fourth-order valence-corrected chi connectivity index (χ4v) is 2.22. The van der Waals surface area contributed by atoms with Gasteiger partial charge < -0.3 is 9.90 Å². The van der Waals surface area contributed by atoms with Crippen LogP contribution in [0.25, 0.3) is 0 Å². The zero-order chi connectivity index (χ0) is 17.2. The number of ketones is 1. The lowest BCUT2D eigenvalue weighted by atomic mass is 10.1. The van der Waals surface area contributed by atoms with E-state index in [4.69, 9.17) is 0 Å². The van der Waals surface area contributed by atoms with Crippen molar-refractivity contribution >= 4 is 5.78 Å². The smallest absolute Gasteiger partial charge is 0.129 e. The molecule has 2 nitrogen and oxygen atoms in total. The van der Waals surface area contributed by atoms with Gasteiger partial charge in [0, 0.05) is 25.7 Å². The molecule has 0 aliphatic carbocycles. The molecule has 0 aromatic carbocycles. The number of carbonyl (C=O) groups is 1. The van der Waals surface area contributed by atoms with E-state index in [9.17, 15) is 9.90 Å². The van der Waals surface area contributed by atoms with E-state index in [0.29, 0.717) is 6.42 Å². The average molecular weight is 319 g/mol. The Morgan fingerprint density at radius 1 is 0.870 bits per heavy atom. The lowest BCUT2D eigenvalue weighted by molar-refractivity contribution is -0.117. The summed E-state index contributed by atoms with van der Waals surface area (Å²) in [5.74, 6) is 12.6. The van der Waals surface area contributed by atoms with Crippen LogP contribution in [0.1, 0.15) is 97.3 Å². The van der Waals surface area contributed by atoms with Crippen LogP contribution in [0.3, 0.4) is 0 Å². The van der Waals surface area contributed by atoms with Crippen LogP contribution in [0.15, 0.2) is 0 Å². The quantitative estimate of drug-likeness (QED) is 0.404. The van der Waals surface area contributed by atoms with Gasteiger partial charge in [-0.1, -0.05) is 44.9 Å². The minimum Gasteiger partial charge on any atom is -0.380 e. The molecule has 0 aliphatic heterocycles. The van der Waals surface area contributed by atoms with E-state index in [1.54, 1.807) is 6.92 Å². The Morgan fingerprint density at radius 3 is 2.04 bits per heavy atom. The minimum absolute atomic E-state index is 0.256. The van der Waals surface area contributed by atoms with Gasteiger partial charge in [-0.3, -0.25) is 0 Å². The topological polar surface area (TPSA) is 37.3 Å². The van der Waals surface area contributed by atoms with Gasteiger partial charge in [-0.05, 0) is 32.6 Å². The fraction of sp³-hybridized carbons (Fsp3) is 0.762. The van der Waals surface area contributed by atoms with Gasteiger partial charge in [0.25, 0.3) is 0 Å². The Balaban J connectivity index is 3.32. The van der Waals surface area contributed by atoms with Crippen LogP contribution in [0.4, 0.5) is 0 Å². The van der Waals surface area contributed by atoms with E-state index < -0.39 is 6.10 Å². The third-order valence-corrected chi connectivity index (χ3v) is 3.66. The SMILES string of the molecule is CCCC[C@@H](O)C#CCCCCCCCC#CCCCC(C)=O. The molecule has 2 heteroatoms. The fourth-order valence-electron chi connectivity index (χ4n) is 2.22. The van der Waals surface area contributed by atoms with Gasteiger partial charge in [0.1, 0.15) is 11.9 Å². The normalized spacial score (nSPS) is 11.1. The number of rotatable bonds is 12. The number of carbonyl (C=O) groups excluding carboxylic acids is 1. The van der Waals surface area contributed by atoms with Crippen molar-refractivity contribution < 1.29 is 9.90 Å². The van der Waals surface area contributed by atoms with Crippen molar-refractivity contribution in [3.05, 3.63) is 0 Å². The summed E-state index contributed by atoms with van der Waals surface area (Å²) >= 11 is 0. The molecule has 0 aliphatic rings. The number of hydrogen-bond acceptors (Lipinski definition) is 2. The van der Waals surface area contributed by atoms with E-state index >= 15 is 0 Å². The first kappa shape index (κ1) is 21.8. The highest BCUT2D eigenvalue weighted by Gasteiger charge is 1.96. The highest BCUT2D eigenvalue weighted by atomic mass is 16.3. The summed E-state index contributed by atoms with van der Waals surface area (Å²) in [6.45, 7) is 3.76. The van der Waals surface area contributed by atoms with E-state index in [2.05, 4.69) is 30.6 Å². The lowest BCUT2D eigenvalue weighted by Gasteiger charge is -2.00. The van der Waals surface area contributed by atoms with Crippen LogP contribution in [0, 0.1) is 23.7 Å². The van der Waals surface area contributed by atoms with Crippen molar-refractivity contribution in [2.45, 2.75) is 103 Å². The Labute approximate surface area is 143 Å². The predicted molar refractivity (Wildman–Crippen MR) is 97.9 cm³/mol. The maximum Gasteiger partial charge on any atom is 0.129 e. The van der Waals surface area contributed by atoms with Crippen molar-refractivity contribution in [3.8, 4) is 23.7 Å². The third-order valence-electron chi connectivity index (χ3n) is 3.66. The molecule has 23 heavy (non-hydrogen) atoms. The van der Waals surface area contributed by atoms with Crippen molar-refractivity contribution in [2.75, 3.05) is 0 Å². The predicted octanol–water partition coefficient (Wildman–Crippen LogP) is 5.03. The summed E-state index contributed by atoms with van der Waals surface area (Å²) in [6, 6.07) is 0. The third kappa shape index (κ3) is 18.7. The second kappa shape index (κ2) is 17.1. The number of unbranched alkanes of at least 4 members (excludes halogenated alkanes) is 8. The molecule has 0 aromatic rings. The first-order chi connectivity index (χ1) is 11.2. The summed E-state index contributed by atoms with van der Waals surface area (Å²) in [6.07, 6.45) is 12.8. The van der Waals surface area contributed by atoms with Crippen LogP contribution in [0.5, 0.6) is 0 Å². The summed E-state index contributed by atoms with van der Waals surface area (Å²) in [7, 11) is 0. The maximum absolute atomic E-state index is 10.8. The van der Waals surface area contributed by atoms with Crippen LogP contribution < -0.4 is 0 Å². The molecule has 0 heterocycles. The molecule has 0 unspecified atom stereocenters. The zero-order valence-electron chi connectivity index (χ0n) is 15.1. The van der Waals surface area contributed by atoms with Gasteiger partial charge in [-0.25, -0.2) is 0 Å². The van der Waals surface area contributed by atoms with E-state index in [1.165, 1.54) is 25.7 Å². The molecule has 0 saturated carbocycles. The van der Waals surface area contributed by atoms with Gasteiger partial charge in [-0.2, -0.15) is 0 Å². The summed E-state index contributed by atoms with van der Waals surface area (Å²) in [4.78, 5) is 10.8. The van der Waals surface area contributed by atoms with Gasteiger partial charge in [0.05, 0.1) is 0 Å². The molecule has 1 atom stereocenters. The standard InChI is InChI=1S/C21H34O2/c1-3-4-18-21(23)19-16-14-12-10-8-6-5-7-9-11-13-15-17-20(2)22/h21,23H,3-8,10,12-15,17-18H2,1-2H3/t21-/m1/s1. The molecule has 0 bridgehead atoms. The number of aliphatic hydroxyl groups is 1. The molecule has 0 radical (unpaired) electrons. The maximum atomic E-state index is 10.8.